The Kier molecular flexibility index (Phi) is 8.33. The lowest BCUT2D eigenvalue weighted by molar-refractivity contribution is 0.275. The fraction of sp³-hybridized carbons (Fsp3) is 0.370. The second-order valence-electron chi connectivity index (χ2n) is 10.7. The zero-order valence-corrected chi connectivity index (χ0v) is 23.6. The van der Waals surface area contributed by atoms with Gasteiger partial charge in [0.15, 0.2) is 5.13 Å². The Morgan fingerprint density at radius 1 is 1.30 bits per heavy atom. The van der Waals surface area contributed by atoms with Crippen LogP contribution in [0, 0.1) is 37.9 Å². The van der Waals surface area contributed by atoms with Crippen LogP contribution >= 0.6 is 22.9 Å². The van der Waals surface area contributed by atoms with E-state index in [1.165, 1.54) is 6.07 Å². The number of aryl methyl sites for hydroxylation is 2. The molecule has 0 spiro atoms. The lowest BCUT2D eigenvalue weighted by Crippen LogP contribution is -2.37. The maximum absolute atomic E-state index is 14.7. The molecule has 1 aliphatic carbocycles. The molecule has 0 amide bonds. The summed E-state index contributed by atoms with van der Waals surface area (Å²) in [7, 11) is 6.02. The van der Waals surface area contributed by atoms with Crippen LogP contribution in [0.2, 0.25) is 5.02 Å². The van der Waals surface area contributed by atoms with Gasteiger partial charge in [-0.05, 0) is 55.5 Å². The molecule has 4 nitrogen and oxygen atoms in total. The van der Waals surface area contributed by atoms with Gasteiger partial charge < -0.3 is 14.7 Å². The quantitative estimate of drug-likeness (QED) is 0.319. The first kappa shape index (κ1) is 27.6. The Morgan fingerprint density at radius 2 is 2.03 bits per heavy atom. The van der Waals surface area contributed by atoms with Crippen LogP contribution in [0.25, 0.3) is 11.3 Å². The Labute approximate surface area is 230 Å². The van der Waals surface area contributed by atoms with Crippen LogP contribution < -0.4 is 9.64 Å². The number of hydrogen-bond acceptors (Lipinski definition) is 5. The monoisotopic (exact) mass is 534 g/mol. The predicted octanol–water partition coefficient (Wildman–Crippen LogP) is 3.58. The van der Waals surface area contributed by atoms with E-state index in [1.54, 1.807) is 17.4 Å². The van der Waals surface area contributed by atoms with E-state index in [-0.39, 0.29) is 23.5 Å². The van der Waals surface area contributed by atoms with E-state index in [4.69, 9.17) is 27.7 Å². The summed E-state index contributed by atoms with van der Waals surface area (Å²) in [6, 6.07) is 8.82. The number of benzene rings is 2. The van der Waals surface area contributed by atoms with Gasteiger partial charge in [0.1, 0.15) is 35.1 Å². The zero-order chi connectivity index (χ0) is 26.9. The normalized spacial score (nSPS) is 14.3. The number of hydrogen-bond donors (Lipinski definition) is 1. The molecule has 0 aliphatic heterocycles. The van der Waals surface area contributed by atoms with Gasteiger partial charge in [0, 0.05) is 21.3 Å². The van der Waals surface area contributed by atoms with Crippen LogP contribution in [0.15, 0.2) is 30.3 Å². The SMILES string of the molecule is BC(B)(B)Oc1cc(Cl)c(-c2nc(N(CC#C)[C@@H](CC3CC3)c3ccc(CO)c(F)c3)sc2C)cc1C. The number of ether oxygens (including phenoxy) is 1. The maximum atomic E-state index is 14.7. The molecule has 0 saturated heterocycles. The number of aromatic nitrogens is 1. The predicted molar refractivity (Wildman–Crippen MR) is 160 cm³/mol. The number of aliphatic hydroxyl groups excluding tert-OH is 1. The van der Waals surface area contributed by atoms with Gasteiger partial charge in [0.2, 0.25) is 0 Å². The summed E-state index contributed by atoms with van der Waals surface area (Å²) in [6.45, 7) is 4.05. The Bertz CT molecular complexity index is 1330. The van der Waals surface area contributed by atoms with Gasteiger partial charge in [-0.25, -0.2) is 9.37 Å². The Hall–Kier alpha value is -2.40. The lowest BCUT2D eigenvalue weighted by atomic mass is 9.52. The highest BCUT2D eigenvalue weighted by Gasteiger charge is 2.32. The molecule has 0 unspecified atom stereocenters. The van der Waals surface area contributed by atoms with Crippen molar-refractivity contribution in [3.05, 3.63) is 62.7 Å². The zero-order valence-electron chi connectivity index (χ0n) is 22.1. The van der Waals surface area contributed by atoms with Crippen LogP contribution in [0.5, 0.6) is 5.75 Å². The van der Waals surface area contributed by atoms with Crippen LogP contribution in [0.3, 0.4) is 0 Å². The van der Waals surface area contributed by atoms with E-state index in [1.807, 2.05) is 55.6 Å². The molecule has 0 radical (unpaired) electrons. The molecule has 1 N–H and O–H groups in total. The molecule has 1 fully saturated rings. The highest BCUT2D eigenvalue weighted by atomic mass is 35.5. The summed E-state index contributed by atoms with van der Waals surface area (Å²) in [5.41, 5.74) is 3.76. The fourth-order valence-electron chi connectivity index (χ4n) is 4.46. The number of aliphatic hydroxyl groups is 1. The van der Waals surface area contributed by atoms with Crippen LogP contribution in [-0.4, -0.2) is 45.5 Å². The molecule has 10 heteroatoms. The average Bonchev–Trinajstić information content (AvgIpc) is 3.57. The summed E-state index contributed by atoms with van der Waals surface area (Å²) in [5.74, 6) is 3.71. The van der Waals surface area contributed by atoms with Gasteiger partial charge >= 0.3 is 0 Å². The Balaban J connectivity index is 1.73. The standard InChI is InChI=1S/C27H31B3ClFN2O2S/c1-4-9-34(23(11-17-5-6-17)18-7-8-19(14-35)22(32)12-18)26-33-25(16(3)37-26)20-10-15(2)24(13-21(20)31)36-27(28,29)30/h1,7-8,10,12-13,17,23,35H,5-6,9,11,14,28-30H2,2-3H3/t23-/m0/s1. The molecule has 2 aromatic carbocycles. The van der Waals surface area contributed by atoms with E-state index in [0.29, 0.717) is 17.5 Å². The van der Waals surface area contributed by atoms with Crippen molar-refractivity contribution in [2.45, 2.75) is 51.1 Å². The van der Waals surface area contributed by atoms with Gasteiger partial charge in [-0.15, -0.1) is 17.8 Å². The number of nitrogens with zero attached hydrogens (tertiary/aromatic N) is 2. The van der Waals surface area contributed by atoms with Gasteiger partial charge in [-0.3, -0.25) is 0 Å². The van der Waals surface area contributed by atoms with E-state index in [2.05, 4.69) is 10.8 Å². The third-order valence-corrected chi connectivity index (χ3v) is 7.81. The minimum absolute atomic E-state index is 0.121. The second kappa shape index (κ2) is 11.1. The number of halogens is 2. The number of rotatable bonds is 10. The third kappa shape index (κ3) is 6.55. The van der Waals surface area contributed by atoms with Crippen molar-refractivity contribution in [2.24, 2.45) is 5.92 Å². The van der Waals surface area contributed by atoms with Gasteiger partial charge in [0.05, 0.1) is 29.9 Å². The number of anilines is 1. The van der Waals surface area contributed by atoms with Gasteiger partial charge in [-0.2, -0.15) is 0 Å². The third-order valence-electron chi connectivity index (χ3n) is 6.49. The van der Waals surface area contributed by atoms with Crippen molar-refractivity contribution < 1.29 is 14.2 Å². The van der Waals surface area contributed by atoms with Crippen molar-refractivity contribution >= 4 is 51.6 Å². The lowest BCUT2D eigenvalue weighted by Gasteiger charge is -2.31. The van der Waals surface area contributed by atoms with Crippen LogP contribution in [0.1, 0.15) is 46.9 Å². The minimum Gasteiger partial charge on any atom is -0.513 e. The summed E-state index contributed by atoms with van der Waals surface area (Å²) in [5, 5.41) is 10.5. The molecular formula is C27H31B3ClFN2O2S. The highest BCUT2D eigenvalue weighted by molar-refractivity contribution is 7.16. The molecule has 1 aliphatic rings. The average molecular weight is 535 g/mol. The molecule has 0 bridgehead atoms. The van der Waals surface area contributed by atoms with Crippen LogP contribution in [0.4, 0.5) is 9.52 Å². The molecule has 4 rings (SSSR count). The summed E-state index contributed by atoms with van der Waals surface area (Å²) >= 11 is 8.31. The van der Waals surface area contributed by atoms with Crippen molar-refractivity contribution in [2.75, 3.05) is 11.4 Å². The minimum atomic E-state index is -0.405. The summed E-state index contributed by atoms with van der Waals surface area (Å²) < 4.78 is 20.7. The fourth-order valence-corrected chi connectivity index (χ4v) is 5.68. The highest BCUT2D eigenvalue weighted by Crippen LogP contribution is 2.44. The Morgan fingerprint density at radius 3 is 2.62 bits per heavy atom. The topological polar surface area (TPSA) is 45.6 Å². The number of thiazole rings is 1. The smallest absolute Gasteiger partial charge is 0.187 e. The molecule has 1 saturated carbocycles. The summed E-state index contributed by atoms with van der Waals surface area (Å²) in [6.07, 6.45) is 9.01. The first-order valence-corrected chi connectivity index (χ1v) is 13.8. The molecule has 37 heavy (non-hydrogen) atoms. The van der Waals surface area contributed by atoms with Gasteiger partial charge in [-0.1, -0.05) is 42.5 Å². The van der Waals surface area contributed by atoms with Crippen molar-refractivity contribution in [1.82, 2.24) is 4.98 Å². The van der Waals surface area contributed by atoms with E-state index in [9.17, 15) is 9.50 Å². The van der Waals surface area contributed by atoms with Gasteiger partial charge in [0.25, 0.3) is 0 Å². The maximum Gasteiger partial charge on any atom is 0.187 e. The van der Waals surface area contributed by atoms with Crippen LogP contribution in [-0.2, 0) is 6.61 Å². The molecule has 1 aromatic heterocycles. The first-order chi connectivity index (χ1) is 17.5. The van der Waals surface area contributed by atoms with Crippen molar-refractivity contribution in [1.29, 1.82) is 0 Å². The van der Waals surface area contributed by atoms with E-state index < -0.39 is 5.82 Å². The number of terminal acetylenes is 1. The largest absolute Gasteiger partial charge is 0.513 e. The molecule has 190 valence electrons. The molecule has 1 heterocycles. The first-order valence-electron chi connectivity index (χ1n) is 12.6. The van der Waals surface area contributed by atoms with E-state index in [0.717, 1.165) is 57.4 Å². The second-order valence-corrected chi connectivity index (χ2v) is 12.3. The molecule has 1 atom stereocenters. The molecule has 3 aromatic rings. The van der Waals surface area contributed by atoms with Crippen molar-refractivity contribution in [3.8, 4) is 29.4 Å². The summed E-state index contributed by atoms with van der Waals surface area (Å²) in [4.78, 5) is 8.15. The molecular weight excluding hydrogens is 503 g/mol. The van der Waals surface area contributed by atoms with Crippen molar-refractivity contribution in [3.63, 3.8) is 0 Å². The van der Waals surface area contributed by atoms with E-state index >= 15 is 0 Å².